The lowest BCUT2D eigenvalue weighted by molar-refractivity contribution is 0.190. The summed E-state index contributed by atoms with van der Waals surface area (Å²) in [5, 5.41) is 0. The lowest BCUT2D eigenvalue weighted by atomic mass is 9.72. The highest BCUT2D eigenvalue weighted by Crippen LogP contribution is 2.35. The molecule has 2 heteroatoms. The summed E-state index contributed by atoms with van der Waals surface area (Å²) in [6.45, 7) is 9.27. The molecule has 0 saturated heterocycles. The van der Waals surface area contributed by atoms with Crippen LogP contribution in [0.5, 0.6) is 0 Å². The molecule has 29 heavy (non-hydrogen) atoms. The highest BCUT2D eigenvalue weighted by Gasteiger charge is 2.32. The molecule has 0 heterocycles. The Morgan fingerprint density at radius 2 is 0.828 bits per heavy atom. The topological polar surface area (TPSA) is 26.0 Å². The molecule has 1 unspecified atom stereocenters. The molecular formula is C27H58BrN. The van der Waals surface area contributed by atoms with Crippen LogP contribution in [0.15, 0.2) is 0 Å². The van der Waals surface area contributed by atoms with Crippen LogP contribution in [0.25, 0.3) is 0 Å². The molecule has 1 nitrogen and oxygen atoms in total. The first kappa shape index (κ1) is 31.6. The Balaban J connectivity index is 0. The predicted octanol–water partition coefficient (Wildman–Crippen LogP) is 10.1. The van der Waals surface area contributed by atoms with Crippen molar-refractivity contribution in [1.29, 1.82) is 0 Å². The maximum Gasteiger partial charge on any atom is 0.0182 e. The fourth-order valence-corrected chi connectivity index (χ4v) is 4.81. The summed E-state index contributed by atoms with van der Waals surface area (Å²) >= 11 is 0. The van der Waals surface area contributed by atoms with E-state index in [1.54, 1.807) is 0 Å². The van der Waals surface area contributed by atoms with E-state index in [9.17, 15) is 0 Å². The summed E-state index contributed by atoms with van der Waals surface area (Å²) in [5.74, 6) is 0.756. The van der Waals surface area contributed by atoms with Gasteiger partial charge in [-0.1, -0.05) is 137 Å². The molecule has 178 valence electrons. The van der Waals surface area contributed by atoms with Crippen molar-refractivity contribution in [2.24, 2.45) is 11.7 Å². The van der Waals surface area contributed by atoms with E-state index < -0.39 is 0 Å². The number of hydrogen-bond donors (Lipinski definition) is 1. The third kappa shape index (κ3) is 17.8. The van der Waals surface area contributed by atoms with Gasteiger partial charge in [0.2, 0.25) is 0 Å². The number of halogens is 1. The van der Waals surface area contributed by atoms with E-state index in [-0.39, 0.29) is 22.5 Å². The lowest BCUT2D eigenvalue weighted by Crippen LogP contribution is -2.47. The maximum atomic E-state index is 7.25. The van der Waals surface area contributed by atoms with Crippen LogP contribution >= 0.6 is 17.0 Å². The van der Waals surface area contributed by atoms with E-state index in [4.69, 9.17) is 5.73 Å². The Morgan fingerprint density at radius 3 is 1.24 bits per heavy atom. The highest BCUT2D eigenvalue weighted by atomic mass is 79.9. The summed E-state index contributed by atoms with van der Waals surface area (Å²) in [4.78, 5) is 0. The normalized spacial score (nSPS) is 12.7. The van der Waals surface area contributed by atoms with Crippen molar-refractivity contribution in [3.8, 4) is 0 Å². The summed E-state index contributed by atoms with van der Waals surface area (Å²) < 4.78 is 0. The predicted molar refractivity (Wildman–Crippen MR) is 140 cm³/mol. The van der Waals surface area contributed by atoms with Crippen LogP contribution in [-0.4, -0.2) is 5.54 Å². The van der Waals surface area contributed by atoms with Gasteiger partial charge >= 0.3 is 0 Å². The summed E-state index contributed by atoms with van der Waals surface area (Å²) in [6, 6.07) is 0. The third-order valence-electron chi connectivity index (χ3n) is 6.87. The second-order valence-corrected chi connectivity index (χ2v) is 9.60. The highest BCUT2D eigenvalue weighted by molar-refractivity contribution is 8.93. The quantitative estimate of drug-likeness (QED) is 0.155. The first-order valence-electron chi connectivity index (χ1n) is 13.4. The molecule has 0 aromatic rings. The Kier molecular flexibility index (Phi) is 25.2. The Hall–Kier alpha value is 0.440. The van der Waals surface area contributed by atoms with Crippen molar-refractivity contribution in [3.63, 3.8) is 0 Å². The summed E-state index contributed by atoms with van der Waals surface area (Å²) in [6.07, 6.45) is 28.7. The fraction of sp³-hybridized carbons (Fsp3) is 1.00. The van der Waals surface area contributed by atoms with E-state index >= 15 is 0 Å². The molecule has 0 aliphatic rings. The minimum Gasteiger partial charge on any atom is -0.325 e. The molecule has 0 spiro atoms. The zero-order chi connectivity index (χ0) is 20.9. The molecule has 1 atom stereocenters. The van der Waals surface area contributed by atoms with Gasteiger partial charge in [0, 0.05) is 5.54 Å². The lowest BCUT2D eigenvalue weighted by Gasteiger charge is -2.39. The Bertz CT molecular complexity index is 291. The van der Waals surface area contributed by atoms with E-state index in [0.717, 1.165) is 5.92 Å². The minimum atomic E-state index is 0. The van der Waals surface area contributed by atoms with E-state index in [1.165, 1.54) is 135 Å². The fourth-order valence-electron chi connectivity index (χ4n) is 4.81. The summed E-state index contributed by atoms with van der Waals surface area (Å²) in [7, 11) is 0. The van der Waals surface area contributed by atoms with Gasteiger partial charge in [0.05, 0.1) is 0 Å². The van der Waals surface area contributed by atoms with Crippen molar-refractivity contribution in [1.82, 2.24) is 0 Å². The van der Waals surface area contributed by atoms with Crippen molar-refractivity contribution in [3.05, 3.63) is 0 Å². The van der Waals surface area contributed by atoms with Gasteiger partial charge in [-0.2, -0.15) is 0 Å². The molecule has 0 saturated carbocycles. The smallest absolute Gasteiger partial charge is 0.0182 e. The van der Waals surface area contributed by atoms with Crippen molar-refractivity contribution < 1.29 is 0 Å². The average molecular weight is 477 g/mol. The average Bonchev–Trinajstić information content (AvgIpc) is 2.69. The van der Waals surface area contributed by atoms with E-state index in [0.29, 0.717) is 0 Å². The third-order valence-corrected chi connectivity index (χ3v) is 6.87. The second kappa shape index (κ2) is 23.1. The first-order chi connectivity index (χ1) is 13.6. The van der Waals surface area contributed by atoms with Gasteiger partial charge in [0.25, 0.3) is 0 Å². The van der Waals surface area contributed by atoms with Gasteiger partial charge in [-0.05, 0) is 31.6 Å². The van der Waals surface area contributed by atoms with E-state index in [1.807, 2.05) is 0 Å². The van der Waals surface area contributed by atoms with Crippen LogP contribution in [0.3, 0.4) is 0 Å². The van der Waals surface area contributed by atoms with Crippen LogP contribution < -0.4 is 5.73 Å². The Morgan fingerprint density at radius 1 is 0.483 bits per heavy atom. The standard InChI is InChI=1S/C27H57N.BrH/c1-5-9-13-16-19-23-26(22-12-8-4)27(28,24-20-17-14-10-6-2)25-21-18-15-11-7-3;/h26H,5-25,28H2,1-4H3;1H. The number of hydrogen-bond acceptors (Lipinski definition) is 1. The molecule has 0 bridgehead atoms. The molecule has 0 aromatic carbocycles. The molecule has 0 rings (SSSR count). The van der Waals surface area contributed by atoms with Gasteiger partial charge in [-0.15, -0.1) is 17.0 Å². The van der Waals surface area contributed by atoms with Gasteiger partial charge in [-0.25, -0.2) is 0 Å². The number of rotatable bonds is 22. The van der Waals surface area contributed by atoms with Gasteiger partial charge in [0.1, 0.15) is 0 Å². The molecule has 0 amide bonds. The zero-order valence-electron chi connectivity index (χ0n) is 20.9. The van der Waals surface area contributed by atoms with E-state index in [2.05, 4.69) is 27.7 Å². The molecule has 2 N–H and O–H groups in total. The van der Waals surface area contributed by atoms with Crippen LogP contribution in [0.4, 0.5) is 0 Å². The summed E-state index contributed by atoms with van der Waals surface area (Å²) in [5.41, 5.74) is 7.36. The molecule has 0 aliphatic carbocycles. The Labute approximate surface area is 196 Å². The van der Waals surface area contributed by atoms with Crippen molar-refractivity contribution in [2.45, 2.75) is 168 Å². The van der Waals surface area contributed by atoms with Crippen LogP contribution in [0.1, 0.15) is 163 Å². The van der Waals surface area contributed by atoms with Gasteiger partial charge in [0.15, 0.2) is 0 Å². The monoisotopic (exact) mass is 475 g/mol. The van der Waals surface area contributed by atoms with Crippen molar-refractivity contribution in [2.75, 3.05) is 0 Å². The SMILES string of the molecule is Br.CCCCCCCC(CCCC)C(N)(CCCCCCC)CCCCCCC. The van der Waals surface area contributed by atoms with Crippen LogP contribution in [0, 0.1) is 5.92 Å². The molecule has 0 fully saturated rings. The molecule has 0 aliphatic heterocycles. The van der Waals surface area contributed by atoms with Crippen LogP contribution in [0.2, 0.25) is 0 Å². The molecule has 0 aromatic heterocycles. The molecular weight excluding hydrogens is 418 g/mol. The largest absolute Gasteiger partial charge is 0.325 e. The number of nitrogens with two attached hydrogens (primary N) is 1. The van der Waals surface area contributed by atoms with Gasteiger partial charge < -0.3 is 5.73 Å². The zero-order valence-corrected chi connectivity index (χ0v) is 22.6. The first-order valence-corrected chi connectivity index (χ1v) is 13.4. The number of unbranched alkanes of at least 4 members (excludes halogenated alkanes) is 13. The van der Waals surface area contributed by atoms with Crippen molar-refractivity contribution >= 4 is 17.0 Å². The van der Waals surface area contributed by atoms with Gasteiger partial charge in [-0.3, -0.25) is 0 Å². The second-order valence-electron chi connectivity index (χ2n) is 9.60. The molecule has 0 radical (unpaired) electrons. The minimum absolute atomic E-state index is 0. The van der Waals surface area contributed by atoms with Crippen LogP contribution in [-0.2, 0) is 0 Å². The maximum absolute atomic E-state index is 7.25.